The molecule has 1 rings (SSSR count). The van der Waals surface area contributed by atoms with E-state index in [1.165, 1.54) is 0 Å². The molecule has 20 heavy (non-hydrogen) atoms. The van der Waals surface area contributed by atoms with E-state index in [1.807, 2.05) is 20.8 Å². The van der Waals surface area contributed by atoms with Crippen molar-refractivity contribution >= 4 is 5.82 Å². The van der Waals surface area contributed by atoms with Crippen molar-refractivity contribution in [1.29, 1.82) is 0 Å². The summed E-state index contributed by atoms with van der Waals surface area (Å²) in [7, 11) is 0. The maximum Gasteiger partial charge on any atom is 0.252 e. The highest BCUT2D eigenvalue weighted by Gasteiger charge is 2.12. The van der Waals surface area contributed by atoms with Gasteiger partial charge in [-0.05, 0) is 12.3 Å². The van der Waals surface area contributed by atoms with Crippen LogP contribution in [0.5, 0.6) is 5.88 Å². The molecule has 0 aliphatic carbocycles. The maximum atomic E-state index is 13.5. The number of ether oxygens (including phenoxy) is 2. The van der Waals surface area contributed by atoms with Gasteiger partial charge in [0.1, 0.15) is 6.61 Å². The Morgan fingerprint density at radius 1 is 1.25 bits per heavy atom. The molecule has 0 amide bonds. The zero-order valence-electron chi connectivity index (χ0n) is 12.2. The van der Waals surface area contributed by atoms with Crippen molar-refractivity contribution in [3.8, 4) is 5.88 Å². The molecule has 1 heterocycles. The van der Waals surface area contributed by atoms with Crippen LogP contribution >= 0.6 is 0 Å². The fourth-order valence-corrected chi connectivity index (χ4v) is 1.43. The summed E-state index contributed by atoms with van der Waals surface area (Å²) in [5, 5.41) is 2.78. The van der Waals surface area contributed by atoms with E-state index >= 15 is 0 Å². The SMILES string of the molecule is CCCNc1nc(OCCOCC(C)C)c(F)cc1F. The van der Waals surface area contributed by atoms with Gasteiger partial charge in [0.25, 0.3) is 5.88 Å². The van der Waals surface area contributed by atoms with Gasteiger partial charge >= 0.3 is 0 Å². The third-order valence-corrected chi connectivity index (χ3v) is 2.36. The number of nitrogens with one attached hydrogen (secondary N) is 1. The quantitative estimate of drug-likeness (QED) is 0.708. The molecule has 0 radical (unpaired) electrons. The van der Waals surface area contributed by atoms with E-state index in [9.17, 15) is 8.78 Å². The van der Waals surface area contributed by atoms with E-state index in [2.05, 4.69) is 10.3 Å². The van der Waals surface area contributed by atoms with Crippen LogP contribution in [0.4, 0.5) is 14.6 Å². The first kappa shape index (κ1) is 16.6. The van der Waals surface area contributed by atoms with Crippen LogP contribution in [0.25, 0.3) is 0 Å². The van der Waals surface area contributed by atoms with Crippen LogP contribution in [-0.4, -0.2) is 31.3 Å². The Balaban J connectivity index is 2.51. The van der Waals surface area contributed by atoms with Gasteiger partial charge in [-0.15, -0.1) is 0 Å². The first-order valence-corrected chi connectivity index (χ1v) is 6.85. The third-order valence-electron chi connectivity index (χ3n) is 2.36. The molecule has 0 unspecified atom stereocenters. The fraction of sp³-hybridized carbons (Fsp3) is 0.643. The summed E-state index contributed by atoms with van der Waals surface area (Å²) in [6.07, 6.45) is 0.817. The molecule has 0 atom stereocenters. The Labute approximate surface area is 118 Å². The van der Waals surface area contributed by atoms with Gasteiger partial charge in [-0.25, -0.2) is 8.78 Å². The molecule has 0 aliphatic rings. The van der Waals surface area contributed by atoms with Crippen molar-refractivity contribution in [2.24, 2.45) is 5.92 Å². The predicted molar refractivity (Wildman–Crippen MR) is 74.1 cm³/mol. The van der Waals surface area contributed by atoms with Gasteiger partial charge in [-0.1, -0.05) is 20.8 Å². The molecule has 114 valence electrons. The van der Waals surface area contributed by atoms with E-state index in [1.54, 1.807) is 0 Å². The first-order chi connectivity index (χ1) is 9.54. The summed E-state index contributed by atoms with van der Waals surface area (Å²) in [4.78, 5) is 3.80. The molecular formula is C14H22F2N2O2. The summed E-state index contributed by atoms with van der Waals surface area (Å²) in [6.45, 7) is 7.71. The largest absolute Gasteiger partial charge is 0.473 e. The van der Waals surface area contributed by atoms with Crippen LogP contribution in [-0.2, 0) is 4.74 Å². The number of aromatic nitrogens is 1. The molecule has 0 fully saturated rings. The van der Waals surface area contributed by atoms with E-state index in [0.717, 1.165) is 12.5 Å². The van der Waals surface area contributed by atoms with E-state index in [-0.39, 0.29) is 18.3 Å². The molecule has 0 saturated heterocycles. The standard InChI is InChI=1S/C14H22F2N2O2/c1-4-5-17-13-11(15)8-12(16)14(18-13)20-7-6-19-9-10(2)3/h8,10H,4-7,9H2,1-3H3,(H,17,18). The lowest BCUT2D eigenvalue weighted by molar-refractivity contribution is 0.0793. The summed E-state index contributed by atoms with van der Waals surface area (Å²) in [6, 6.07) is 0.773. The number of anilines is 1. The van der Waals surface area contributed by atoms with Gasteiger partial charge in [-0.2, -0.15) is 4.98 Å². The zero-order valence-corrected chi connectivity index (χ0v) is 12.2. The number of pyridine rings is 1. The van der Waals surface area contributed by atoms with Crippen molar-refractivity contribution in [3.63, 3.8) is 0 Å². The lowest BCUT2D eigenvalue weighted by Gasteiger charge is -2.11. The minimum absolute atomic E-state index is 0.00588. The average molecular weight is 288 g/mol. The van der Waals surface area contributed by atoms with Crippen LogP contribution in [0, 0.1) is 17.6 Å². The van der Waals surface area contributed by atoms with E-state index < -0.39 is 11.6 Å². The predicted octanol–water partition coefficient (Wildman–Crippen LogP) is 3.23. The Kier molecular flexibility index (Phi) is 7.22. The molecule has 0 aliphatic heterocycles. The Bertz CT molecular complexity index is 414. The molecule has 0 bridgehead atoms. The van der Waals surface area contributed by atoms with Crippen LogP contribution < -0.4 is 10.1 Å². The maximum absolute atomic E-state index is 13.5. The summed E-state index contributed by atoms with van der Waals surface area (Å²) in [5.74, 6) is -1.31. The summed E-state index contributed by atoms with van der Waals surface area (Å²) in [5.41, 5.74) is 0. The number of hydrogen-bond acceptors (Lipinski definition) is 4. The van der Waals surface area contributed by atoms with Crippen molar-refractivity contribution in [2.75, 3.05) is 31.7 Å². The average Bonchev–Trinajstić information content (AvgIpc) is 2.39. The topological polar surface area (TPSA) is 43.4 Å². The van der Waals surface area contributed by atoms with Crippen molar-refractivity contribution in [3.05, 3.63) is 17.7 Å². The van der Waals surface area contributed by atoms with Gasteiger partial charge in [-0.3, -0.25) is 0 Å². The second-order valence-electron chi connectivity index (χ2n) is 4.85. The van der Waals surface area contributed by atoms with Crippen molar-refractivity contribution in [2.45, 2.75) is 27.2 Å². The van der Waals surface area contributed by atoms with Gasteiger partial charge in [0, 0.05) is 19.2 Å². The zero-order chi connectivity index (χ0) is 15.0. The molecule has 4 nitrogen and oxygen atoms in total. The minimum atomic E-state index is -0.812. The van der Waals surface area contributed by atoms with Crippen LogP contribution in [0.1, 0.15) is 27.2 Å². The van der Waals surface area contributed by atoms with Gasteiger partial charge in [0.2, 0.25) is 0 Å². The van der Waals surface area contributed by atoms with Crippen LogP contribution in [0.3, 0.4) is 0 Å². The molecule has 0 spiro atoms. The smallest absolute Gasteiger partial charge is 0.252 e. The molecule has 0 aromatic carbocycles. The lowest BCUT2D eigenvalue weighted by Crippen LogP contribution is -2.12. The number of halogens is 2. The number of rotatable bonds is 9. The first-order valence-electron chi connectivity index (χ1n) is 6.85. The van der Waals surface area contributed by atoms with Crippen LogP contribution in [0.2, 0.25) is 0 Å². The second kappa shape index (κ2) is 8.68. The normalized spacial score (nSPS) is 10.9. The number of hydrogen-bond donors (Lipinski definition) is 1. The minimum Gasteiger partial charge on any atom is -0.473 e. The molecule has 6 heteroatoms. The van der Waals surface area contributed by atoms with E-state index in [0.29, 0.717) is 25.7 Å². The molecular weight excluding hydrogens is 266 g/mol. The number of nitrogens with zero attached hydrogens (tertiary/aromatic N) is 1. The van der Waals surface area contributed by atoms with Gasteiger partial charge < -0.3 is 14.8 Å². The van der Waals surface area contributed by atoms with Crippen molar-refractivity contribution in [1.82, 2.24) is 4.98 Å². The molecule has 1 aromatic rings. The monoisotopic (exact) mass is 288 g/mol. The fourth-order valence-electron chi connectivity index (χ4n) is 1.43. The van der Waals surface area contributed by atoms with Gasteiger partial charge in [0.15, 0.2) is 17.5 Å². The summed E-state index contributed by atoms with van der Waals surface area (Å²) >= 11 is 0. The molecule has 0 saturated carbocycles. The third kappa shape index (κ3) is 5.69. The van der Waals surface area contributed by atoms with Crippen LogP contribution in [0.15, 0.2) is 6.07 Å². The molecule has 1 aromatic heterocycles. The highest BCUT2D eigenvalue weighted by atomic mass is 19.1. The Morgan fingerprint density at radius 3 is 2.65 bits per heavy atom. The van der Waals surface area contributed by atoms with Gasteiger partial charge in [0.05, 0.1) is 6.61 Å². The lowest BCUT2D eigenvalue weighted by atomic mass is 10.2. The summed E-state index contributed by atoms with van der Waals surface area (Å²) < 4.78 is 37.4. The van der Waals surface area contributed by atoms with Crippen molar-refractivity contribution < 1.29 is 18.3 Å². The van der Waals surface area contributed by atoms with E-state index in [4.69, 9.17) is 9.47 Å². The molecule has 1 N–H and O–H groups in total. The highest BCUT2D eigenvalue weighted by molar-refractivity contribution is 5.39. The Morgan fingerprint density at radius 2 is 2.00 bits per heavy atom. The highest BCUT2D eigenvalue weighted by Crippen LogP contribution is 2.20. The Hall–Kier alpha value is -1.43. The second-order valence-corrected chi connectivity index (χ2v) is 4.85.